The molecule has 0 bridgehead atoms. The summed E-state index contributed by atoms with van der Waals surface area (Å²) in [7, 11) is 1.69. The maximum atomic E-state index is 5.58. The maximum absolute atomic E-state index is 5.58. The highest BCUT2D eigenvalue weighted by molar-refractivity contribution is 5.39. The first-order valence-corrected chi connectivity index (χ1v) is 6.40. The van der Waals surface area contributed by atoms with Crippen LogP contribution in [0.5, 0.6) is 0 Å². The van der Waals surface area contributed by atoms with Crippen molar-refractivity contribution in [3.8, 4) is 0 Å². The van der Waals surface area contributed by atoms with E-state index in [0.717, 1.165) is 37.6 Å². The molecule has 0 aromatic carbocycles. The molecule has 0 N–H and O–H groups in total. The van der Waals surface area contributed by atoms with Crippen LogP contribution in [0.15, 0.2) is 12.4 Å². The van der Waals surface area contributed by atoms with E-state index in [-0.39, 0.29) is 0 Å². The van der Waals surface area contributed by atoms with Gasteiger partial charge in [-0.3, -0.25) is 0 Å². The Morgan fingerprint density at radius 3 is 3.06 bits per heavy atom. The third-order valence-corrected chi connectivity index (χ3v) is 3.18. The largest absolute Gasteiger partial charge is 0.382 e. The van der Waals surface area contributed by atoms with Crippen LogP contribution in [0.1, 0.15) is 12.1 Å². The van der Waals surface area contributed by atoms with Gasteiger partial charge in [0.05, 0.1) is 19.8 Å². The molecule has 100 valence electrons. The zero-order chi connectivity index (χ0) is 12.8. The highest BCUT2D eigenvalue weighted by Crippen LogP contribution is 2.22. The van der Waals surface area contributed by atoms with Crippen LogP contribution in [0.25, 0.3) is 0 Å². The molecule has 1 aliphatic rings. The van der Waals surface area contributed by atoms with Crippen LogP contribution >= 0.6 is 0 Å². The Kier molecular flexibility index (Phi) is 4.90. The van der Waals surface area contributed by atoms with E-state index < -0.39 is 0 Å². The summed E-state index contributed by atoms with van der Waals surface area (Å²) in [6.45, 7) is 6.22. The standard InChI is InChI=1S/C13H21N3O2/c1-11-7-13(15-10-14-11)16-4-3-12(8-16)9-18-6-5-17-2/h7,10,12H,3-6,8-9H2,1-2H3. The van der Waals surface area contributed by atoms with E-state index in [9.17, 15) is 0 Å². The van der Waals surface area contributed by atoms with E-state index >= 15 is 0 Å². The first-order valence-electron chi connectivity index (χ1n) is 6.40. The van der Waals surface area contributed by atoms with Crippen molar-refractivity contribution in [3.63, 3.8) is 0 Å². The van der Waals surface area contributed by atoms with E-state index in [0.29, 0.717) is 19.1 Å². The van der Waals surface area contributed by atoms with Crippen molar-refractivity contribution in [1.82, 2.24) is 9.97 Å². The number of nitrogens with zero attached hydrogens (tertiary/aromatic N) is 3. The Morgan fingerprint density at radius 1 is 1.39 bits per heavy atom. The van der Waals surface area contributed by atoms with Gasteiger partial charge in [0.1, 0.15) is 12.1 Å². The molecule has 1 unspecified atom stereocenters. The van der Waals surface area contributed by atoms with Crippen molar-refractivity contribution in [1.29, 1.82) is 0 Å². The summed E-state index contributed by atoms with van der Waals surface area (Å²) in [5.41, 5.74) is 1.01. The van der Waals surface area contributed by atoms with Crippen LogP contribution in [0.3, 0.4) is 0 Å². The van der Waals surface area contributed by atoms with Crippen LogP contribution in [0, 0.1) is 12.8 Å². The lowest BCUT2D eigenvalue weighted by Gasteiger charge is -2.17. The summed E-state index contributed by atoms with van der Waals surface area (Å²) in [6, 6.07) is 2.04. The normalized spacial score (nSPS) is 19.4. The third-order valence-electron chi connectivity index (χ3n) is 3.18. The van der Waals surface area contributed by atoms with Crippen LogP contribution < -0.4 is 4.90 Å². The number of aromatic nitrogens is 2. The van der Waals surface area contributed by atoms with Crippen molar-refractivity contribution in [3.05, 3.63) is 18.1 Å². The van der Waals surface area contributed by atoms with Gasteiger partial charge in [-0.1, -0.05) is 0 Å². The molecule has 1 fully saturated rings. The Morgan fingerprint density at radius 2 is 2.28 bits per heavy atom. The minimum absolute atomic E-state index is 0.595. The highest BCUT2D eigenvalue weighted by Gasteiger charge is 2.23. The SMILES string of the molecule is COCCOCC1CCN(c2cc(C)ncn2)C1. The fraction of sp³-hybridized carbons (Fsp3) is 0.692. The molecule has 0 spiro atoms. The van der Waals surface area contributed by atoms with Crippen molar-refractivity contribution >= 4 is 5.82 Å². The van der Waals surface area contributed by atoms with E-state index in [4.69, 9.17) is 9.47 Å². The first-order chi connectivity index (χ1) is 8.79. The molecular weight excluding hydrogens is 230 g/mol. The maximum Gasteiger partial charge on any atom is 0.132 e. The lowest BCUT2D eigenvalue weighted by Crippen LogP contribution is -2.22. The molecule has 1 atom stereocenters. The molecule has 1 aromatic heterocycles. The average Bonchev–Trinajstić information content (AvgIpc) is 2.83. The molecule has 1 aliphatic heterocycles. The van der Waals surface area contributed by atoms with Crippen LogP contribution in [0.4, 0.5) is 5.82 Å². The summed E-state index contributed by atoms with van der Waals surface area (Å²) in [5.74, 6) is 1.62. The van der Waals surface area contributed by atoms with Gasteiger partial charge in [0.2, 0.25) is 0 Å². The molecule has 1 aromatic rings. The summed E-state index contributed by atoms with van der Waals surface area (Å²) in [4.78, 5) is 10.7. The van der Waals surface area contributed by atoms with Gasteiger partial charge in [0, 0.05) is 37.9 Å². The van der Waals surface area contributed by atoms with E-state index in [1.54, 1.807) is 13.4 Å². The minimum atomic E-state index is 0.595. The van der Waals surface area contributed by atoms with Crippen LogP contribution in [-0.2, 0) is 9.47 Å². The first kappa shape index (κ1) is 13.2. The Balaban J connectivity index is 1.78. The second-order valence-corrected chi connectivity index (χ2v) is 4.69. The second kappa shape index (κ2) is 6.66. The van der Waals surface area contributed by atoms with Crippen LogP contribution in [0.2, 0.25) is 0 Å². The number of rotatable bonds is 6. The van der Waals surface area contributed by atoms with Crippen molar-refractivity contribution < 1.29 is 9.47 Å². The zero-order valence-corrected chi connectivity index (χ0v) is 11.1. The Labute approximate surface area is 108 Å². The van der Waals surface area contributed by atoms with E-state index in [1.807, 2.05) is 13.0 Å². The molecule has 18 heavy (non-hydrogen) atoms. The molecule has 5 nitrogen and oxygen atoms in total. The fourth-order valence-electron chi connectivity index (χ4n) is 2.18. The molecule has 5 heteroatoms. The molecular formula is C13H21N3O2. The van der Waals surface area contributed by atoms with Crippen molar-refractivity contribution in [2.45, 2.75) is 13.3 Å². The van der Waals surface area contributed by atoms with Crippen molar-refractivity contribution in [2.75, 3.05) is 44.9 Å². The minimum Gasteiger partial charge on any atom is -0.382 e. The van der Waals surface area contributed by atoms with Gasteiger partial charge in [-0.25, -0.2) is 9.97 Å². The molecule has 0 radical (unpaired) electrons. The quantitative estimate of drug-likeness (QED) is 0.713. The molecule has 0 saturated carbocycles. The van der Waals surface area contributed by atoms with Crippen LogP contribution in [-0.4, -0.2) is 50.0 Å². The zero-order valence-electron chi connectivity index (χ0n) is 11.1. The summed E-state index contributed by atoms with van der Waals surface area (Å²) in [6.07, 6.45) is 2.79. The number of aryl methyl sites for hydroxylation is 1. The monoisotopic (exact) mass is 251 g/mol. The van der Waals surface area contributed by atoms with Gasteiger partial charge >= 0.3 is 0 Å². The third kappa shape index (κ3) is 3.65. The second-order valence-electron chi connectivity index (χ2n) is 4.69. The molecule has 2 rings (SSSR count). The fourth-order valence-corrected chi connectivity index (χ4v) is 2.18. The molecule has 2 heterocycles. The van der Waals surface area contributed by atoms with Gasteiger partial charge in [-0.2, -0.15) is 0 Å². The van der Waals surface area contributed by atoms with Crippen molar-refractivity contribution in [2.24, 2.45) is 5.92 Å². The number of hydrogen-bond acceptors (Lipinski definition) is 5. The number of anilines is 1. The smallest absolute Gasteiger partial charge is 0.132 e. The average molecular weight is 251 g/mol. The van der Waals surface area contributed by atoms with E-state index in [2.05, 4.69) is 14.9 Å². The lowest BCUT2D eigenvalue weighted by atomic mass is 10.1. The van der Waals surface area contributed by atoms with Gasteiger partial charge < -0.3 is 14.4 Å². The highest BCUT2D eigenvalue weighted by atomic mass is 16.5. The number of hydrogen-bond donors (Lipinski definition) is 0. The Hall–Kier alpha value is -1.20. The Bertz CT molecular complexity index is 373. The summed E-state index contributed by atoms with van der Waals surface area (Å²) in [5, 5.41) is 0. The summed E-state index contributed by atoms with van der Waals surface area (Å²) >= 11 is 0. The molecule has 0 amide bonds. The predicted molar refractivity (Wildman–Crippen MR) is 69.8 cm³/mol. The van der Waals surface area contributed by atoms with Gasteiger partial charge in [-0.15, -0.1) is 0 Å². The number of ether oxygens (including phenoxy) is 2. The van der Waals surface area contributed by atoms with Gasteiger partial charge in [0.25, 0.3) is 0 Å². The summed E-state index contributed by atoms with van der Waals surface area (Å²) < 4.78 is 10.5. The molecule has 0 aliphatic carbocycles. The topological polar surface area (TPSA) is 47.5 Å². The van der Waals surface area contributed by atoms with Gasteiger partial charge in [-0.05, 0) is 13.3 Å². The molecule has 1 saturated heterocycles. The lowest BCUT2D eigenvalue weighted by molar-refractivity contribution is 0.0549. The number of methoxy groups -OCH3 is 1. The van der Waals surface area contributed by atoms with E-state index in [1.165, 1.54) is 0 Å². The van der Waals surface area contributed by atoms with Gasteiger partial charge in [0.15, 0.2) is 0 Å². The predicted octanol–water partition coefficient (Wildman–Crippen LogP) is 1.27.